The first kappa shape index (κ1) is 17.7. The van der Waals surface area contributed by atoms with Gasteiger partial charge in [0.25, 0.3) is 5.91 Å². The van der Waals surface area contributed by atoms with Gasteiger partial charge in [0.05, 0.1) is 12.8 Å². The molecule has 2 rings (SSSR count). The summed E-state index contributed by atoms with van der Waals surface area (Å²) in [5.74, 6) is 0.552. The highest BCUT2D eigenvalue weighted by atomic mass is 16.5. The Morgan fingerprint density at radius 1 is 1.04 bits per heavy atom. The molecule has 4 nitrogen and oxygen atoms in total. The fraction of sp³-hybridized carbons (Fsp3) is 0.300. The average Bonchev–Trinajstić information content (AvgIpc) is 2.63. The molecule has 0 aliphatic rings. The number of nitrogens with zero attached hydrogens (tertiary/aromatic N) is 1. The van der Waals surface area contributed by atoms with Gasteiger partial charge in [0.15, 0.2) is 0 Å². The summed E-state index contributed by atoms with van der Waals surface area (Å²) in [6, 6.07) is 16.7. The van der Waals surface area contributed by atoms with E-state index in [-0.39, 0.29) is 5.91 Å². The zero-order valence-corrected chi connectivity index (χ0v) is 14.1. The third-order valence-corrected chi connectivity index (χ3v) is 3.58. The number of carbonyl (C=O) groups excluding carboxylic acids is 1. The van der Waals surface area contributed by atoms with Gasteiger partial charge in [-0.05, 0) is 30.7 Å². The number of nitrogens with one attached hydrogen (secondary N) is 1. The molecule has 0 atom stereocenters. The Morgan fingerprint density at radius 3 is 2.58 bits per heavy atom. The minimum absolute atomic E-state index is 0.232. The van der Waals surface area contributed by atoms with Crippen molar-refractivity contribution in [3.63, 3.8) is 0 Å². The lowest BCUT2D eigenvalue weighted by Crippen LogP contribution is -2.17. The van der Waals surface area contributed by atoms with Crippen molar-refractivity contribution in [2.45, 2.75) is 32.6 Å². The molecule has 126 valence electrons. The molecule has 0 heterocycles. The van der Waals surface area contributed by atoms with Crippen LogP contribution in [0.4, 0.5) is 0 Å². The van der Waals surface area contributed by atoms with Crippen molar-refractivity contribution in [1.82, 2.24) is 5.43 Å². The lowest BCUT2D eigenvalue weighted by atomic mass is 10.2. The molecule has 0 spiro atoms. The number of hydrazone groups is 1. The molecule has 0 saturated carbocycles. The SMILES string of the molecule is CCCCCCOc1ccccc1/C=N/NC(=O)c1ccccc1. The molecule has 1 N–H and O–H groups in total. The van der Waals surface area contributed by atoms with Gasteiger partial charge in [-0.3, -0.25) is 4.79 Å². The van der Waals surface area contributed by atoms with Crippen molar-refractivity contribution in [3.8, 4) is 5.75 Å². The van der Waals surface area contributed by atoms with Gasteiger partial charge < -0.3 is 4.74 Å². The summed E-state index contributed by atoms with van der Waals surface area (Å²) in [7, 11) is 0. The molecule has 0 bridgehead atoms. The maximum Gasteiger partial charge on any atom is 0.271 e. The third kappa shape index (κ3) is 5.88. The van der Waals surface area contributed by atoms with Crippen molar-refractivity contribution in [2.75, 3.05) is 6.61 Å². The van der Waals surface area contributed by atoms with Crippen molar-refractivity contribution in [3.05, 3.63) is 65.7 Å². The van der Waals surface area contributed by atoms with E-state index in [4.69, 9.17) is 4.74 Å². The van der Waals surface area contributed by atoms with Crippen LogP contribution in [0, 0.1) is 0 Å². The molecule has 0 unspecified atom stereocenters. The number of rotatable bonds is 9. The number of ether oxygens (including phenoxy) is 1. The monoisotopic (exact) mass is 324 g/mol. The normalized spacial score (nSPS) is 10.7. The number of amides is 1. The number of benzene rings is 2. The van der Waals surface area contributed by atoms with E-state index >= 15 is 0 Å². The fourth-order valence-electron chi connectivity index (χ4n) is 2.24. The highest BCUT2D eigenvalue weighted by molar-refractivity contribution is 5.95. The molecule has 0 aliphatic heterocycles. The second kappa shape index (κ2) is 10.2. The maximum atomic E-state index is 11.9. The van der Waals surface area contributed by atoms with Crippen LogP contribution in [-0.4, -0.2) is 18.7 Å². The van der Waals surface area contributed by atoms with E-state index in [9.17, 15) is 4.79 Å². The number of unbranched alkanes of at least 4 members (excludes halogenated alkanes) is 3. The molecular weight excluding hydrogens is 300 g/mol. The Labute approximate surface area is 143 Å². The summed E-state index contributed by atoms with van der Waals surface area (Å²) in [6.45, 7) is 2.89. The van der Waals surface area contributed by atoms with Crippen LogP contribution in [0.15, 0.2) is 59.7 Å². The second-order valence-corrected chi connectivity index (χ2v) is 5.51. The number of hydrogen-bond donors (Lipinski definition) is 1. The molecule has 0 radical (unpaired) electrons. The van der Waals surface area contributed by atoms with Gasteiger partial charge >= 0.3 is 0 Å². The summed E-state index contributed by atoms with van der Waals surface area (Å²) < 4.78 is 5.82. The summed E-state index contributed by atoms with van der Waals surface area (Å²) in [6.07, 6.45) is 6.29. The zero-order chi connectivity index (χ0) is 17.0. The predicted molar refractivity (Wildman–Crippen MR) is 97.6 cm³/mol. The Hall–Kier alpha value is -2.62. The van der Waals surface area contributed by atoms with E-state index in [0.29, 0.717) is 12.2 Å². The fourth-order valence-corrected chi connectivity index (χ4v) is 2.24. The Kier molecular flexibility index (Phi) is 7.54. The van der Waals surface area contributed by atoms with Gasteiger partial charge in [0.2, 0.25) is 0 Å². The zero-order valence-electron chi connectivity index (χ0n) is 14.1. The molecule has 4 heteroatoms. The maximum absolute atomic E-state index is 11.9. The van der Waals surface area contributed by atoms with Gasteiger partial charge in [-0.2, -0.15) is 5.10 Å². The van der Waals surface area contributed by atoms with Gasteiger partial charge in [-0.1, -0.05) is 56.5 Å². The van der Waals surface area contributed by atoms with Gasteiger partial charge in [0, 0.05) is 11.1 Å². The van der Waals surface area contributed by atoms with Crippen LogP contribution in [-0.2, 0) is 0 Å². The summed E-state index contributed by atoms with van der Waals surface area (Å²) in [4.78, 5) is 11.9. The lowest BCUT2D eigenvalue weighted by Gasteiger charge is -2.08. The highest BCUT2D eigenvalue weighted by Gasteiger charge is 2.03. The van der Waals surface area contributed by atoms with E-state index in [2.05, 4.69) is 17.5 Å². The largest absolute Gasteiger partial charge is 0.493 e. The van der Waals surface area contributed by atoms with E-state index in [1.165, 1.54) is 19.3 Å². The van der Waals surface area contributed by atoms with E-state index in [0.717, 1.165) is 17.7 Å². The Morgan fingerprint density at radius 2 is 1.79 bits per heavy atom. The average molecular weight is 324 g/mol. The summed E-state index contributed by atoms with van der Waals surface area (Å²) in [5, 5.41) is 4.03. The van der Waals surface area contributed by atoms with Gasteiger partial charge in [-0.15, -0.1) is 0 Å². The standard InChI is InChI=1S/C20H24N2O2/c1-2-3-4-10-15-24-19-14-9-8-13-18(19)16-21-22-20(23)17-11-6-5-7-12-17/h5-9,11-14,16H,2-4,10,15H2,1H3,(H,22,23)/b21-16+. The first-order valence-electron chi connectivity index (χ1n) is 8.41. The molecule has 2 aromatic carbocycles. The van der Waals surface area contributed by atoms with Crippen LogP contribution in [0.1, 0.15) is 48.5 Å². The molecule has 0 aliphatic carbocycles. The minimum Gasteiger partial charge on any atom is -0.493 e. The van der Waals surface area contributed by atoms with Crippen molar-refractivity contribution < 1.29 is 9.53 Å². The van der Waals surface area contributed by atoms with Crippen LogP contribution >= 0.6 is 0 Å². The molecule has 0 aromatic heterocycles. The lowest BCUT2D eigenvalue weighted by molar-refractivity contribution is 0.0955. The van der Waals surface area contributed by atoms with Crippen molar-refractivity contribution in [1.29, 1.82) is 0 Å². The molecule has 1 amide bonds. The van der Waals surface area contributed by atoms with Crippen LogP contribution in [0.5, 0.6) is 5.75 Å². The van der Waals surface area contributed by atoms with E-state index in [1.807, 2.05) is 42.5 Å². The first-order chi connectivity index (χ1) is 11.8. The highest BCUT2D eigenvalue weighted by Crippen LogP contribution is 2.16. The number of carbonyl (C=O) groups is 1. The minimum atomic E-state index is -0.232. The quantitative estimate of drug-likeness (QED) is 0.422. The first-order valence-corrected chi connectivity index (χ1v) is 8.41. The third-order valence-electron chi connectivity index (χ3n) is 3.58. The van der Waals surface area contributed by atoms with E-state index < -0.39 is 0 Å². The van der Waals surface area contributed by atoms with Gasteiger partial charge in [-0.25, -0.2) is 5.43 Å². The Bertz CT molecular complexity index is 654. The van der Waals surface area contributed by atoms with Crippen LogP contribution < -0.4 is 10.2 Å². The van der Waals surface area contributed by atoms with Gasteiger partial charge in [0.1, 0.15) is 5.75 Å². The molecule has 0 saturated heterocycles. The van der Waals surface area contributed by atoms with Crippen LogP contribution in [0.3, 0.4) is 0 Å². The molecule has 2 aromatic rings. The molecule has 0 fully saturated rings. The van der Waals surface area contributed by atoms with Crippen LogP contribution in [0.2, 0.25) is 0 Å². The summed E-state index contributed by atoms with van der Waals surface area (Å²) >= 11 is 0. The molecular formula is C20H24N2O2. The molecule has 24 heavy (non-hydrogen) atoms. The number of para-hydroxylation sites is 1. The van der Waals surface area contributed by atoms with Crippen molar-refractivity contribution >= 4 is 12.1 Å². The Balaban J connectivity index is 1.88. The second-order valence-electron chi connectivity index (χ2n) is 5.51. The van der Waals surface area contributed by atoms with E-state index in [1.54, 1.807) is 18.3 Å². The number of hydrogen-bond acceptors (Lipinski definition) is 3. The smallest absolute Gasteiger partial charge is 0.271 e. The topological polar surface area (TPSA) is 50.7 Å². The predicted octanol–water partition coefficient (Wildman–Crippen LogP) is 4.41. The summed E-state index contributed by atoms with van der Waals surface area (Å²) in [5.41, 5.74) is 3.96. The van der Waals surface area contributed by atoms with Crippen molar-refractivity contribution in [2.24, 2.45) is 5.10 Å². The van der Waals surface area contributed by atoms with Crippen LogP contribution in [0.25, 0.3) is 0 Å².